The third-order valence-corrected chi connectivity index (χ3v) is 3.62. The highest BCUT2D eigenvalue weighted by molar-refractivity contribution is 7.97. The van der Waals surface area contributed by atoms with Crippen LogP contribution in [0.2, 0.25) is 0 Å². The number of rotatable bonds is 4. The average molecular weight is 306 g/mol. The van der Waals surface area contributed by atoms with Crippen LogP contribution in [0.25, 0.3) is 0 Å². The second-order valence-electron chi connectivity index (χ2n) is 4.43. The van der Waals surface area contributed by atoms with Gasteiger partial charge in [-0.25, -0.2) is 9.36 Å². The van der Waals surface area contributed by atoms with Crippen LogP contribution in [-0.4, -0.2) is 44.4 Å². The lowest BCUT2D eigenvalue weighted by atomic mass is 10.2. The van der Waals surface area contributed by atoms with Crippen LogP contribution in [0.1, 0.15) is 12.6 Å². The molecule has 7 nitrogen and oxygen atoms in total. The van der Waals surface area contributed by atoms with Gasteiger partial charge >= 0.3 is 5.69 Å². The van der Waals surface area contributed by atoms with Gasteiger partial charge in [-0.1, -0.05) is 0 Å². The Hall–Kier alpha value is -1.16. The first-order chi connectivity index (χ1) is 9.49. The molecule has 20 heavy (non-hydrogen) atoms. The van der Waals surface area contributed by atoms with Gasteiger partial charge in [-0.15, -0.1) is 11.8 Å². The topological polar surface area (TPSA) is 93.7 Å². The third kappa shape index (κ3) is 2.66. The lowest BCUT2D eigenvalue weighted by molar-refractivity contribution is -0.0465. The summed E-state index contributed by atoms with van der Waals surface area (Å²) in [5, 5.41) is 18.6. The molecule has 0 bridgehead atoms. The smallest absolute Gasteiger partial charge is 0.334 e. The van der Waals surface area contributed by atoms with E-state index in [0.717, 1.165) is 15.3 Å². The largest absolute Gasteiger partial charge is 0.394 e. The van der Waals surface area contributed by atoms with Crippen LogP contribution in [0.5, 0.6) is 0 Å². The Labute approximate surface area is 117 Å². The molecule has 2 N–H and O–H groups in total. The maximum Gasteiger partial charge on any atom is 0.334 e. The van der Waals surface area contributed by atoms with E-state index in [1.165, 1.54) is 11.8 Å². The van der Waals surface area contributed by atoms with Gasteiger partial charge in [-0.3, -0.25) is 9.36 Å². The minimum atomic E-state index is -1.07. The van der Waals surface area contributed by atoms with Gasteiger partial charge < -0.3 is 14.9 Å². The van der Waals surface area contributed by atoms with E-state index in [2.05, 4.69) is 0 Å². The van der Waals surface area contributed by atoms with Gasteiger partial charge in [0.25, 0.3) is 5.56 Å². The second-order valence-corrected chi connectivity index (χ2v) is 5.27. The highest BCUT2D eigenvalue weighted by atomic mass is 32.2. The van der Waals surface area contributed by atoms with Gasteiger partial charge in [-0.2, -0.15) is 4.39 Å². The van der Waals surface area contributed by atoms with E-state index in [-0.39, 0.29) is 12.3 Å². The predicted molar refractivity (Wildman–Crippen MR) is 70.1 cm³/mol. The molecule has 112 valence electrons. The van der Waals surface area contributed by atoms with Crippen molar-refractivity contribution in [3.8, 4) is 0 Å². The van der Waals surface area contributed by atoms with Crippen LogP contribution in [0.4, 0.5) is 4.39 Å². The number of aliphatic hydroxyl groups is 2. The van der Waals surface area contributed by atoms with Crippen LogP contribution in [0.3, 0.4) is 0 Å². The first-order valence-corrected chi connectivity index (χ1v) is 7.33. The summed E-state index contributed by atoms with van der Waals surface area (Å²) in [6.45, 7) is -0.403. The highest BCUT2D eigenvalue weighted by Gasteiger charge is 2.35. The fourth-order valence-corrected chi connectivity index (χ4v) is 2.57. The summed E-state index contributed by atoms with van der Waals surface area (Å²) in [4.78, 5) is 23.7. The molecule has 0 saturated carbocycles. The summed E-state index contributed by atoms with van der Waals surface area (Å²) in [5.41, 5.74) is -1.70. The van der Waals surface area contributed by atoms with Crippen molar-refractivity contribution < 1.29 is 19.3 Å². The SMILES string of the molecule is CSCn1c(=O)c(F)cn([C@H]2C[C@H](O)[C@@H](CO)O2)c1=O. The average Bonchev–Trinajstić information content (AvgIpc) is 2.80. The second kappa shape index (κ2) is 6.08. The maximum absolute atomic E-state index is 13.6. The Bertz CT molecular complexity index is 601. The maximum atomic E-state index is 13.6. The fourth-order valence-electron chi connectivity index (χ4n) is 2.09. The lowest BCUT2D eigenvalue weighted by Crippen LogP contribution is -2.42. The third-order valence-electron chi connectivity index (χ3n) is 3.11. The van der Waals surface area contributed by atoms with Crippen molar-refractivity contribution in [3.63, 3.8) is 0 Å². The van der Waals surface area contributed by atoms with E-state index in [1.807, 2.05) is 0 Å². The first-order valence-electron chi connectivity index (χ1n) is 5.94. The summed E-state index contributed by atoms with van der Waals surface area (Å²) in [6.07, 6.45) is -0.172. The van der Waals surface area contributed by atoms with E-state index < -0.39 is 42.1 Å². The molecule has 1 saturated heterocycles. The van der Waals surface area contributed by atoms with Crippen molar-refractivity contribution in [2.24, 2.45) is 0 Å². The van der Waals surface area contributed by atoms with Crippen LogP contribution < -0.4 is 11.2 Å². The lowest BCUT2D eigenvalue weighted by Gasteiger charge is -2.16. The molecule has 0 aliphatic carbocycles. The molecular formula is C11H15FN2O5S. The minimum absolute atomic E-state index is 0.0220. The number of nitrogens with zero attached hydrogens (tertiary/aromatic N) is 2. The van der Waals surface area contributed by atoms with E-state index >= 15 is 0 Å². The molecule has 2 heterocycles. The van der Waals surface area contributed by atoms with E-state index in [1.54, 1.807) is 6.26 Å². The number of ether oxygens (including phenoxy) is 1. The zero-order chi connectivity index (χ0) is 14.9. The number of thioether (sulfide) groups is 1. The Morgan fingerprint density at radius 2 is 2.25 bits per heavy atom. The molecule has 0 unspecified atom stereocenters. The Morgan fingerprint density at radius 1 is 1.55 bits per heavy atom. The Kier molecular flexibility index (Phi) is 4.63. The molecule has 2 rings (SSSR count). The molecule has 9 heteroatoms. The van der Waals surface area contributed by atoms with Gasteiger partial charge in [-0.05, 0) is 6.26 Å². The number of hydrogen-bond acceptors (Lipinski definition) is 6. The fraction of sp³-hybridized carbons (Fsp3) is 0.636. The summed E-state index contributed by atoms with van der Waals surface area (Å²) < 4.78 is 20.6. The van der Waals surface area contributed by atoms with Crippen molar-refractivity contribution in [1.82, 2.24) is 9.13 Å². The van der Waals surface area contributed by atoms with Gasteiger partial charge in [0.05, 0.1) is 24.8 Å². The summed E-state index contributed by atoms with van der Waals surface area (Å²) in [5.74, 6) is -1.04. The molecule has 1 aliphatic heterocycles. The summed E-state index contributed by atoms with van der Waals surface area (Å²) in [6, 6.07) is 0. The highest BCUT2D eigenvalue weighted by Crippen LogP contribution is 2.27. The van der Waals surface area contributed by atoms with E-state index in [0.29, 0.717) is 0 Å². The predicted octanol–water partition coefficient (Wildman–Crippen LogP) is -0.890. The van der Waals surface area contributed by atoms with Gasteiger partial charge in [0.15, 0.2) is 0 Å². The number of aromatic nitrogens is 2. The zero-order valence-electron chi connectivity index (χ0n) is 10.7. The number of hydrogen-bond donors (Lipinski definition) is 2. The molecule has 1 aromatic rings. The Morgan fingerprint density at radius 3 is 2.80 bits per heavy atom. The summed E-state index contributed by atoms with van der Waals surface area (Å²) in [7, 11) is 0. The molecule has 0 aromatic carbocycles. The van der Waals surface area contributed by atoms with Crippen molar-refractivity contribution in [1.29, 1.82) is 0 Å². The molecule has 0 amide bonds. The monoisotopic (exact) mass is 306 g/mol. The van der Waals surface area contributed by atoms with Crippen molar-refractivity contribution in [2.75, 3.05) is 12.9 Å². The first kappa shape index (κ1) is 15.2. The zero-order valence-corrected chi connectivity index (χ0v) is 11.5. The molecule has 3 atom stereocenters. The molecular weight excluding hydrogens is 291 g/mol. The quantitative estimate of drug-likeness (QED) is 0.749. The molecule has 1 aliphatic rings. The molecule has 1 fully saturated rings. The molecule has 0 spiro atoms. The van der Waals surface area contributed by atoms with Crippen LogP contribution in [0, 0.1) is 5.82 Å². The molecule has 0 radical (unpaired) electrons. The van der Waals surface area contributed by atoms with Gasteiger partial charge in [0.1, 0.15) is 12.3 Å². The van der Waals surface area contributed by atoms with Crippen LogP contribution in [-0.2, 0) is 10.6 Å². The number of aliphatic hydroxyl groups excluding tert-OH is 2. The van der Waals surface area contributed by atoms with Gasteiger partial charge in [0, 0.05) is 6.42 Å². The Balaban J connectivity index is 2.43. The summed E-state index contributed by atoms with van der Waals surface area (Å²) >= 11 is 1.20. The van der Waals surface area contributed by atoms with Crippen molar-refractivity contribution in [3.05, 3.63) is 32.9 Å². The number of halogens is 1. The van der Waals surface area contributed by atoms with Crippen molar-refractivity contribution in [2.45, 2.75) is 30.7 Å². The minimum Gasteiger partial charge on any atom is -0.394 e. The van der Waals surface area contributed by atoms with Crippen molar-refractivity contribution >= 4 is 11.8 Å². The van der Waals surface area contributed by atoms with E-state index in [4.69, 9.17) is 9.84 Å². The van der Waals surface area contributed by atoms with Crippen LogP contribution >= 0.6 is 11.8 Å². The van der Waals surface area contributed by atoms with Gasteiger partial charge in [0.2, 0.25) is 5.82 Å². The van der Waals surface area contributed by atoms with E-state index in [9.17, 15) is 19.1 Å². The normalized spacial score (nSPS) is 26.1. The molecule has 1 aromatic heterocycles. The van der Waals surface area contributed by atoms with Crippen LogP contribution in [0.15, 0.2) is 15.8 Å². The standard InChI is InChI=1S/C11H15FN2O5S/c1-20-5-14-10(17)6(12)3-13(11(14)18)9-2-7(16)8(4-15)19-9/h3,7-9,15-16H,2,4-5H2,1H3/t7-,8+,9+/m0/s1.